The van der Waals surface area contributed by atoms with Crippen LogP contribution in [-0.2, 0) is 5.41 Å². The molecular weight excluding hydrogens is 214 g/mol. The summed E-state index contributed by atoms with van der Waals surface area (Å²) in [6, 6.07) is 0.606. The van der Waals surface area contributed by atoms with Gasteiger partial charge in [-0.25, -0.2) is 9.97 Å². The van der Waals surface area contributed by atoms with Crippen LogP contribution in [0.1, 0.15) is 39.4 Å². The molecule has 1 aromatic rings. The van der Waals surface area contributed by atoms with E-state index >= 15 is 0 Å². The Hall–Kier alpha value is -1.16. The molecule has 1 heterocycles. The van der Waals surface area contributed by atoms with Crippen molar-refractivity contribution in [1.82, 2.24) is 15.3 Å². The molecule has 1 N–H and O–H groups in total. The normalized spacial score (nSPS) is 24.2. The summed E-state index contributed by atoms with van der Waals surface area (Å²) < 4.78 is 5.79. The van der Waals surface area contributed by atoms with Crippen molar-refractivity contribution in [2.45, 2.75) is 51.2 Å². The molecule has 2 rings (SSSR count). The van der Waals surface area contributed by atoms with Gasteiger partial charge in [0, 0.05) is 11.5 Å². The van der Waals surface area contributed by atoms with Gasteiger partial charge in [-0.05, 0) is 19.9 Å². The van der Waals surface area contributed by atoms with Gasteiger partial charge in [0.25, 0.3) is 0 Å². The fourth-order valence-electron chi connectivity index (χ4n) is 1.85. The monoisotopic (exact) mass is 235 g/mol. The fourth-order valence-corrected chi connectivity index (χ4v) is 1.85. The van der Waals surface area contributed by atoms with Crippen LogP contribution in [0.2, 0.25) is 0 Å². The summed E-state index contributed by atoms with van der Waals surface area (Å²) in [7, 11) is 1.99. The lowest BCUT2D eigenvalue weighted by Gasteiger charge is -2.34. The molecule has 0 unspecified atom stereocenters. The Balaban J connectivity index is 1.91. The van der Waals surface area contributed by atoms with Crippen LogP contribution in [0.5, 0.6) is 5.75 Å². The Morgan fingerprint density at radius 1 is 1.24 bits per heavy atom. The van der Waals surface area contributed by atoms with E-state index in [0.29, 0.717) is 12.1 Å². The average Bonchev–Trinajstić information content (AvgIpc) is 2.22. The molecule has 0 aromatic carbocycles. The number of nitrogens with one attached hydrogen (secondary N) is 1. The van der Waals surface area contributed by atoms with Crippen molar-refractivity contribution in [3.8, 4) is 5.75 Å². The van der Waals surface area contributed by atoms with Gasteiger partial charge in [-0.3, -0.25) is 0 Å². The highest BCUT2D eigenvalue weighted by Gasteiger charge is 2.29. The maximum Gasteiger partial charge on any atom is 0.156 e. The zero-order chi connectivity index (χ0) is 12.5. The van der Waals surface area contributed by atoms with Crippen LogP contribution in [0.3, 0.4) is 0 Å². The molecular formula is C13H21N3O. The maximum atomic E-state index is 5.79. The molecule has 0 bridgehead atoms. The molecule has 1 aliphatic rings. The van der Waals surface area contributed by atoms with Gasteiger partial charge in [0.2, 0.25) is 0 Å². The Kier molecular flexibility index (Phi) is 3.33. The van der Waals surface area contributed by atoms with Gasteiger partial charge in [0.15, 0.2) is 5.75 Å². The number of aromatic nitrogens is 2. The third kappa shape index (κ3) is 2.94. The van der Waals surface area contributed by atoms with Crippen molar-refractivity contribution in [3.05, 3.63) is 18.2 Å². The van der Waals surface area contributed by atoms with Gasteiger partial charge in [-0.2, -0.15) is 0 Å². The molecule has 1 fully saturated rings. The molecule has 0 radical (unpaired) electrons. The zero-order valence-corrected chi connectivity index (χ0v) is 11.0. The largest absolute Gasteiger partial charge is 0.487 e. The molecule has 17 heavy (non-hydrogen) atoms. The first-order valence-corrected chi connectivity index (χ1v) is 6.15. The molecule has 94 valence electrons. The van der Waals surface area contributed by atoms with Crippen molar-refractivity contribution in [1.29, 1.82) is 0 Å². The van der Waals surface area contributed by atoms with Gasteiger partial charge in [-0.1, -0.05) is 20.8 Å². The van der Waals surface area contributed by atoms with Gasteiger partial charge < -0.3 is 10.1 Å². The van der Waals surface area contributed by atoms with Crippen molar-refractivity contribution < 1.29 is 4.74 Å². The number of ether oxygens (including phenoxy) is 1. The second kappa shape index (κ2) is 4.61. The maximum absolute atomic E-state index is 5.79. The van der Waals surface area contributed by atoms with Gasteiger partial charge in [0.1, 0.15) is 11.9 Å². The molecule has 4 heteroatoms. The summed E-state index contributed by atoms with van der Waals surface area (Å²) >= 11 is 0. The molecule has 0 spiro atoms. The van der Waals surface area contributed by atoms with Crippen LogP contribution in [-0.4, -0.2) is 29.2 Å². The summed E-state index contributed by atoms with van der Waals surface area (Å²) in [6.45, 7) is 6.31. The summed E-state index contributed by atoms with van der Waals surface area (Å²) in [6.07, 6.45) is 6.01. The zero-order valence-electron chi connectivity index (χ0n) is 11.0. The molecule has 1 aliphatic carbocycles. The van der Waals surface area contributed by atoms with Crippen molar-refractivity contribution in [2.24, 2.45) is 0 Å². The van der Waals surface area contributed by atoms with Gasteiger partial charge in [0.05, 0.1) is 12.4 Å². The number of nitrogens with zero attached hydrogens (tertiary/aromatic N) is 2. The predicted molar refractivity (Wildman–Crippen MR) is 67.2 cm³/mol. The Morgan fingerprint density at radius 3 is 2.29 bits per heavy atom. The first-order valence-electron chi connectivity index (χ1n) is 6.15. The quantitative estimate of drug-likeness (QED) is 0.869. The Bertz CT molecular complexity index is 363. The van der Waals surface area contributed by atoms with Crippen LogP contribution in [0.4, 0.5) is 0 Å². The van der Waals surface area contributed by atoms with Gasteiger partial charge in [-0.15, -0.1) is 0 Å². The minimum Gasteiger partial charge on any atom is -0.487 e. The lowest BCUT2D eigenvalue weighted by molar-refractivity contribution is 0.0876. The van der Waals surface area contributed by atoms with E-state index in [2.05, 4.69) is 36.1 Å². The molecule has 0 saturated heterocycles. The first-order chi connectivity index (χ1) is 7.99. The third-order valence-corrected chi connectivity index (χ3v) is 3.10. The van der Waals surface area contributed by atoms with E-state index in [-0.39, 0.29) is 5.41 Å². The molecule has 1 aromatic heterocycles. The Labute approximate surface area is 103 Å². The van der Waals surface area contributed by atoms with Crippen molar-refractivity contribution in [3.63, 3.8) is 0 Å². The topological polar surface area (TPSA) is 47.0 Å². The summed E-state index contributed by atoms with van der Waals surface area (Å²) in [5.41, 5.74) is -0.00771. The summed E-state index contributed by atoms with van der Waals surface area (Å²) in [5, 5.41) is 3.23. The first kappa shape index (κ1) is 12.3. The second-order valence-electron chi connectivity index (χ2n) is 5.69. The molecule has 0 aliphatic heterocycles. The average molecular weight is 235 g/mol. The van der Waals surface area contributed by atoms with E-state index in [0.717, 1.165) is 24.4 Å². The van der Waals surface area contributed by atoms with E-state index in [1.165, 1.54) is 0 Å². The minimum absolute atomic E-state index is 0.00771. The number of rotatable bonds is 3. The summed E-state index contributed by atoms with van der Waals surface area (Å²) in [4.78, 5) is 8.70. The molecule has 1 saturated carbocycles. The van der Waals surface area contributed by atoms with Crippen molar-refractivity contribution in [2.75, 3.05) is 7.05 Å². The van der Waals surface area contributed by atoms with E-state index in [1.807, 2.05) is 7.05 Å². The second-order valence-corrected chi connectivity index (χ2v) is 5.69. The highest BCUT2D eigenvalue weighted by atomic mass is 16.5. The highest BCUT2D eigenvalue weighted by Crippen LogP contribution is 2.25. The van der Waals surface area contributed by atoms with Crippen LogP contribution in [0.25, 0.3) is 0 Å². The van der Waals surface area contributed by atoms with Crippen LogP contribution in [0.15, 0.2) is 12.4 Å². The molecule has 4 nitrogen and oxygen atoms in total. The van der Waals surface area contributed by atoms with E-state index < -0.39 is 0 Å². The number of hydrogen-bond acceptors (Lipinski definition) is 4. The highest BCUT2D eigenvalue weighted by molar-refractivity contribution is 5.16. The predicted octanol–water partition coefficient (Wildman–Crippen LogP) is 1.90. The summed E-state index contributed by atoms with van der Waals surface area (Å²) in [5.74, 6) is 1.63. The van der Waals surface area contributed by atoms with Crippen molar-refractivity contribution >= 4 is 0 Å². The van der Waals surface area contributed by atoms with Crippen LogP contribution in [0, 0.1) is 0 Å². The van der Waals surface area contributed by atoms with E-state index in [4.69, 9.17) is 4.74 Å². The molecule has 0 amide bonds. The lowest BCUT2D eigenvalue weighted by Crippen LogP contribution is -2.45. The van der Waals surface area contributed by atoms with E-state index in [9.17, 15) is 0 Å². The van der Waals surface area contributed by atoms with E-state index in [1.54, 1.807) is 12.4 Å². The smallest absolute Gasteiger partial charge is 0.156 e. The SMILES string of the molecule is CNC1CC(Oc2cnc(C(C)(C)C)nc2)C1. The van der Waals surface area contributed by atoms with Gasteiger partial charge >= 0.3 is 0 Å². The van der Waals surface area contributed by atoms with Crippen LogP contribution < -0.4 is 10.1 Å². The molecule has 0 atom stereocenters. The minimum atomic E-state index is -0.00771. The standard InChI is InChI=1S/C13H21N3O/c1-13(2,3)12-15-7-11(8-16-12)17-10-5-9(6-10)14-4/h7-10,14H,5-6H2,1-4H3. The van der Waals surface area contributed by atoms with Crippen LogP contribution >= 0.6 is 0 Å². The lowest BCUT2D eigenvalue weighted by atomic mass is 9.89. The third-order valence-electron chi connectivity index (χ3n) is 3.10. The fraction of sp³-hybridized carbons (Fsp3) is 0.692. The number of hydrogen-bond donors (Lipinski definition) is 1. The Morgan fingerprint density at radius 2 is 1.82 bits per heavy atom.